The van der Waals surface area contributed by atoms with Crippen LogP contribution in [0.2, 0.25) is 0 Å². The summed E-state index contributed by atoms with van der Waals surface area (Å²) in [5.41, 5.74) is 0. The highest BCUT2D eigenvalue weighted by molar-refractivity contribution is 7.89. The number of nitrogens with one attached hydrogen (secondary N) is 1. The van der Waals surface area contributed by atoms with E-state index in [1.54, 1.807) is 6.07 Å². The van der Waals surface area contributed by atoms with E-state index in [0.29, 0.717) is 35.8 Å². The lowest BCUT2D eigenvalue weighted by Gasteiger charge is -2.18. The van der Waals surface area contributed by atoms with Crippen molar-refractivity contribution in [1.29, 1.82) is 0 Å². The van der Waals surface area contributed by atoms with Crippen molar-refractivity contribution in [3.05, 3.63) is 30.4 Å². The first-order valence-electron chi connectivity index (χ1n) is 7.43. The normalized spacial score (nSPS) is 26.4. The molecular formula is C16H21NO4S. The predicted octanol–water partition coefficient (Wildman–Crippen LogP) is 2.19. The Morgan fingerprint density at radius 1 is 1.14 bits per heavy atom. The number of benzene rings is 1. The smallest absolute Gasteiger partial charge is 0.240 e. The zero-order valence-corrected chi connectivity index (χ0v) is 13.6. The van der Waals surface area contributed by atoms with Crippen LogP contribution in [0.4, 0.5) is 0 Å². The van der Waals surface area contributed by atoms with Crippen LogP contribution in [0.25, 0.3) is 0 Å². The van der Waals surface area contributed by atoms with Crippen molar-refractivity contribution >= 4 is 10.0 Å². The largest absolute Gasteiger partial charge is 0.493 e. The van der Waals surface area contributed by atoms with Gasteiger partial charge in [-0.25, -0.2) is 13.1 Å². The van der Waals surface area contributed by atoms with Gasteiger partial charge in [-0.1, -0.05) is 12.2 Å². The second kappa shape index (κ2) is 5.93. The molecule has 1 aromatic carbocycles. The fraction of sp³-hybridized carbons (Fsp3) is 0.500. The summed E-state index contributed by atoms with van der Waals surface area (Å²) in [5, 5.41) is 0. The van der Waals surface area contributed by atoms with E-state index in [9.17, 15) is 8.42 Å². The van der Waals surface area contributed by atoms with Gasteiger partial charge in [0.15, 0.2) is 11.5 Å². The van der Waals surface area contributed by atoms with Gasteiger partial charge in [-0.3, -0.25) is 0 Å². The zero-order valence-electron chi connectivity index (χ0n) is 12.8. The van der Waals surface area contributed by atoms with Gasteiger partial charge >= 0.3 is 0 Å². The van der Waals surface area contributed by atoms with Crippen molar-refractivity contribution in [2.45, 2.75) is 17.7 Å². The molecule has 22 heavy (non-hydrogen) atoms. The van der Waals surface area contributed by atoms with Crippen molar-refractivity contribution in [2.75, 3.05) is 20.8 Å². The van der Waals surface area contributed by atoms with Gasteiger partial charge in [-0.05, 0) is 42.7 Å². The Morgan fingerprint density at radius 3 is 2.50 bits per heavy atom. The summed E-state index contributed by atoms with van der Waals surface area (Å²) in [4.78, 5) is 0.198. The van der Waals surface area contributed by atoms with Crippen LogP contribution in [0.3, 0.4) is 0 Å². The molecule has 1 fully saturated rings. The van der Waals surface area contributed by atoms with Crippen molar-refractivity contribution in [2.24, 2.45) is 17.8 Å². The van der Waals surface area contributed by atoms with Crippen molar-refractivity contribution in [1.82, 2.24) is 4.72 Å². The SMILES string of the molecule is COc1ccc(S(=O)(=O)NC[C@@H]2C[C@@H]3C=C[C@@H]2C3)cc1OC. The molecule has 0 radical (unpaired) electrons. The summed E-state index contributed by atoms with van der Waals surface area (Å²) in [5.74, 6) is 2.50. The highest BCUT2D eigenvalue weighted by Gasteiger charge is 2.36. The number of hydrogen-bond acceptors (Lipinski definition) is 4. The van der Waals surface area contributed by atoms with Crippen LogP contribution >= 0.6 is 0 Å². The minimum atomic E-state index is -3.53. The van der Waals surface area contributed by atoms with E-state index in [1.165, 1.54) is 32.8 Å². The fourth-order valence-corrected chi connectivity index (χ4v) is 4.52. The summed E-state index contributed by atoms with van der Waals surface area (Å²) in [6, 6.07) is 4.62. The second-order valence-electron chi connectivity index (χ2n) is 5.91. The van der Waals surface area contributed by atoms with Gasteiger partial charge in [0.05, 0.1) is 19.1 Å². The van der Waals surface area contributed by atoms with E-state index in [0.717, 1.165) is 6.42 Å². The van der Waals surface area contributed by atoms with Crippen LogP contribution in [0.15, 0.2) is 35.2 Å². The highest BCUT2D eigenvalue weighted by Crippen LogP contribution is 2.43. The summed E-state index contributed by atoms with van der Waals surface area (Å²) >= 11 is 0. The first-order valence-corrected chi connectivity index (χ1v) is 8.92. The van der Waals surface area contributed by atoms with Crippen molar-refractivity contribution in [3.8, 4) is 11.5 Å². The summed E-state index contributed by atoms with van der Waals surface area (Å²) in [6.45, 7) is 0.488. The molecule has 120 valence electrons. The minimum Gasteiger partial charge on any atom is -0.493 e. The third-order valence-electron chi connectivity index (χ3n) is 4.62. The Morgan fingerprint density at radius 2 is 1.91 bits per heavy atom. The van der Waals surface area contributed by atoms with Gasteiger partial charge in [-0.15, -0.1) is 0 Å². The molecule has 0 heterocycles. The van der Waals surface area contributed by atoms with Gasteiger partial charge in [0.1, 0.15) is 0 Å². The molecule has 2 aliphatic rings. The van der Waals surface area contributed by atoms with Crippen LogP contribution in [-0.4, -0.2) is 29.2 Å². The fourth-order valence-electron chi connectivity index (χ4n) is 3.41. The quantitative estimate of drug-likeness (QED) is 0.815. The Labute approximate surface area is 131 Å². The average Bonchev–Trinajstić information content (AvgIpc) is 3.15. The van der Waals surface area contributed by atoms with E-state index in [1.807, 2.05) is 0 Å². The van der Waals surface area contributed by atoms with Gasteiger partial charge in [0.25, 0.3) is 0 Å². The van der Waals surface area contributed by atoms with Crippen LogP contribution in [0.5, 0.6) is 11.5 Å². The number of sulfonamides is 1. The molecule has 0 spiro atoms. The lowest BCUT2D eigenvalue weighted by atomic mass is 9.94. The van der Waals surface area contributed by atoms with E-state index in [2.05, 4.69) is 16.9 Å². The predicted molar refractivity (Wildman–Crippen MR) is 83.6 cm³/mol. The maximum absolute atomic E-state index is 12.4. The molecule has 0 saturated heterocycles. The molecule has 1 aromatic rings. The second-order valence-corrected chi connectivity index (χ2v) is 7.68. The maximum Gasteiger partial charge on any atom is 0.240 e. The highest BCUT2D eigenvalue weighted by atomic mass is 32.2. The van der Waals surface area contributed by atoms with Crippen LogP contribution in [0.1, 0.15) is 12.8 Å². The Bertz CT molecular complexity index is 683. The number of methoxy groups -OCH3 is 2. The molecule has 3 atom stereocenters. The van der Waals surface area contributed by atoms with Crippen LogP contribution in [-0.2, 0) is 10.0 Å². The summed E-state index contributed by atoms with van der Waals surface area (Å²) < 4.78 is 37.9. The van der Waals surface area contributed by atoms with Crippen LogP contribution in [0, 0.1) is 17.8 Å². The Balaban J connectivity index is 1.71. The van der Waals surface area contributed by atoms with E-state index < -0.39 is 10.0 Å². The molecule has 0 amide bonds. The third kappa shape index (κ3) is 2.85. The standard InChI is InChI=1S/C16H21NO4S/c1-20-15-6-5-14(9-16(15)21-2)22(18,19)17-10-13-8-11-3-4-12(13)7-11/h3-6,9,11-13,17H,7-8,10H2,1-2H3/t11-,12-,13+/m1/s1. The van der Waals surface area contributed by atoms with Crippen molar-refractivity contribution in [3.63, 3.8) is 0 Å². The molecule has 0 aromatic heterocycles. The Hall–Kier alpha value is -1.53. The first-order chi connectivity index (χ1) is 10.5. The molecule has 5 nitrogen and oxygen atoms in total. The lowest BCUT2D eigenvalue weighted by Crippen LogP contribution is -2.31. The molecule has 3 rings (SSSR count). The van der Waals surface area contributed by atoms with E-state index in [-0.39, 0.29) is 4.90 Å². The summed E-state index contributed by atoms with van der Waals surface area (Å²) in [6.07, 6.45) is 6.73. The van der Waals surface area contributed by atoms with Gasteiger partial charge in [-0.2, -0.15) is 0 Å². The zero-order chi connectivity index (χ0) is 15.7. The van der Waals surface area contributed by atoms with Gasteiger partial charge in [0.2, 0.25) is 10.0 Å². The first kappa shape index (κ1) is 15.4. The number of rotatable bonds is 6. The number of allylic oxidation sites excluding steroid dienone is 2. The molecular weight excluding hydrogens is 302 g/mol. The molecule has 1 saturated carbocycles. The molecule has 6 heteroatoms. The lowest BCUT2D eigenvalue weighted by molar-refractivity contribution is 0.354. The maximum atomic E-state index is 12.4. The molecule has 1 N–H and O–H groups in total. The van der Waals surface area contributed by atoms with E-state index in [4.69, 9.17) is 9.47 Å². The van der Waals surface area contributed by atoms with Gasteiger partial charge < -0.3 is 9.47 Å². The molecule has 0 unspecified atom stereocenters. The molecule has 2 aliphatic carbocycles. The number of fused-ring (bicyclic) bond motifs is 2. The van der Waals surface area contributed by atoms with Crippen LogP contribution < -0.4 is 14.2 Å². The third-order valence-corrected chi connectivity index (χ3v) is 6.04. The average molecular weight is 323 g/mol. The minimum absolute atomic E-state index is 0.198. The van der Waals surface area contributed by atoms with Crippen molar-refractivity contribution < 1.29 is 17.9 Å². The van der Waals surface area contributed by atoms with E-state index >= 15 is 0 Å². The molecule has 0 aliphatic heterocycles. The Kier molecular flexibility index (Phi) is 4.14. The monoisotopic (exact) mass is 323 g/mol. The molecule has 2 bridgehead atoms. The topological polar surface area (TPSA) is 64.6 Å². The number of hydrogen-bond donors (Lipinski definition) is 1. The summed E-state index contributed by atoms with van der Waals surface area (Å²) in [7, 11) is -0.522. The number of ether oxygens (including phenoxy) is 2. The van der Waals surface area contributed by atoms with Gasteiger partial charge in [0, 0.05) is 12.6 Å².